The predicted octanol–water partition coefficient (Wildman–Crippen LogP) is 5.15. The maximum atomic E-state index is 11.6. The van der Waals surface area contributed by atoms with Gasteiger partial charge in [-0.05, 0) is 46.0 Å². The summed E-state index contributed by atoms with van der Waals surface area (Å²) in [6.07, 6.45) is 4.44. The van der Waals surface area contributed by atoms with E-state index in [0.29, 0.717) is 0 Å². The van der Waals surface area contributed by atoms with Crippen molar-refractivity contribution in [2.45, 2.75) is 26.2 Å². The molecule has 0 aromatic heterocycles. The molecule has 0 unspecified atom stereocenters. The van der Waals surface area contributed by atoms with Crippen molar-refractivity contribution in [1.29, 1.82) is 0 Å². The molecule has 3 aromatic carbocycles. The highest BCUT2D eigenvalue weighted by atomic mass is 16.1. The molecule has 0 saturated heterocycles. The average molecular weight is 262 g/mol. The van der Waals surface area contributed by atoms with Crippen LogP contribution in [0.3, 0.4) is 0 Å². The van der Waals surface area contributed by atoms with Crippen LogP contribution in [0, 0.1) is 0 Å². The Morgan fingerprint density at radius 2 is 1.75 bits per heavy atom. The van der Waals surface area contributed by atoms with Gasteiger partial charge in [-0.2, -0.15) is 0 Å². The molecule has 20 heavy (non-hydrogen) atoms. The van der Waals surface area contributed by atoms with Crippen LogP contribution in [0.15, 0.2) is 48.5 Å². The summed E-state index contributed by atoms with van der Waals surface area (Å²) in [7, 11) is 0. The Morgan fingerprint density at radius 1 is 0.950 bits per heavy atom. The number of aldehydes is 1. The van der Waals surface area contributed by atoms with E-state index in [2.05, 4.69) is 37.3 Å². The molecule has 0 bridgehead atoms. The third-order valence-electron chi connectivity index (χ3n) is 3.95. The van der Waals surface area contributed by atoms with E-state index in [0.717, 1.165) is 34.4 Å². The molecule has 0 amide bonds. The van der Waals surface area contributed by atoms with Crippen LogP contribution < -0.4 is 0 Å². The van der Waals surface area contributed by atoms with Crippen LogP contribution >= 0.6 is 0 Å². The molecule has 1 nitrogen and oxygen atoms in total. The van der Waals surface area contributed by atoms with E-state index >= 15 is 0 Å². The topological polar surface area (TPSA) is 17.1 Å². The molecule has 0 aliphatic carbocycles. The van der Waals surface area contributed by atoms with Crippen LogP contribution in [0.5, 0.6) is 0 Å². The number of fused-ring (bicyclic) bond motifs is 2. The number of rotatable bonds is 4. The van der Waals surface area contributed by atoms with Crippen molar-refractivity contribution in [3.05, 3.63) is 59.7 Å². The largest absolute Gasteiger partial charge is 0.298 e. The van der Waals surface area contributed by atoms with Gasteiger partial charge in [0.15, 0.2) is 6.29 Å². The Balaban J connectivity index is 2.35. The molecule has 3 rings (SSSR count). The Morgan fingerprint density at radius 3 is 2.55 bits per heavy atom. The fourth-order valence-electron chi connectivity index (χ4n) is 2.90. The van der Waals surface area contributed by atoms with Crippen molar-refractivity contribution in [2.24, 2.45) is 0 Å². The minimum Gasteiger partial charge on any atom is -0.298 e. The third-order valence-corrected chi connectivity index (χ3v) is 3.95. The van der Waals surface area contributed by atoms with E-state index in [1.807, 2.05) is 18.2 Å². The first-order valence-electron chi connectivity index (χ1n) is 7.23. The fraction of sp³-hybridized carbons (Fsp3) is 0.211. The number of aryl methyl sites for hydroxylation is 1. The van der Waals surface area contributed by atoms with Crippen LogP contribution in [0.1, 0.15) is 35.7 Å². The summed E-state index contributed by atoms with van der Waals surface area (Å²) < 4.78 is 0. The van der Waals surface area contributed by atoms with E-state index in [1.54, 1.807) is 0 Å². The van der Waals surface area contributed by atoms with Gasteiger partial charge in [0.25, 0.3) is 0 Å². The Hall–Kier alpha value is -2.15. The van der Waals surface area contributed by atoms with Gasteiger partial charge in [-0.25, -0.2) is 0 Å². The van der Waals surface area contributed by atoms with E-state index in [9.17, 15) is 4.79 Å². The maximum Gasteiger partial charge on any atom is 0.151 e. The highest BCUT2D eigenvalue weighted by Crippen LogP contribution is 2.30. The van der Waals surface area contributed by atoms with Crippen molar-refractivity contribution in [2.75, 3.05) is 0 Å². The highest BCUT2D eigenvalue weighted by molar-refractivity contribution is 6.12. The normalized spacial score (nSPS) is 11.1. The Bertz CT molecular complexity index is 771. The molecule has 3 aromatic rings. The third kappa shape index (κ3) is 2.09. The molecular formula is C19H18O. The second-order valence-electron chi connectivity index (χ2n) is 5.25. The van der Waals surface area contributed by atoms with E-state index < -0.39 is 0 Å². The molecule has 0 aliphatic heterocycles. The minimum atomic E-state index is 0.816. The van der Waals surface area contributed by atoms with Crippen molar-refractivity contribution >= 4 is 27.8 Å². The highest BCUT2D eigenvalue weighted by Gasteiger charge is 2.09. The zero-order valence-corrected chi connectivity index (χ0v) is 11.7. The summed E-state index contributed by atoms with van der Waals surface area (Å²) in [4.78, 5) is 11.6. The van der Waals surface area contributed by atoms with Crippen molar-refractivity contribution in [3.8, 4) is 0 Å². The summed E-state index contributed by atoms with van der Waals surface area (Å²) in [5.41, 5.74) is 2.16. The second kappa shape index (κ2) is 5.46. The smallest absolute Gasteiger partial charge is 0.151 e. The molecule has 0 N–H and O–H groups in total. The molecule has 0 saturated carbocycles. The Labute approximate surface area is 119 Å². The van der Waals surface area contributed by atoms with E-state index in [4.69, 9.17) is 0 Å². The number of carbonyl (C=O) groups is 1. The molecule has 0 atom stereocenters. The number of benzene rings is 3. The molecule has 100 valence electrons. The SMILES string of the molecule is CCCCc1cccc2c(C=O)c3ccccc3cc12. The van der Waals surface area contributed by atoms with Crippen LogP contribution in [0.2, 0.25) is 0 Å². The van der Waals surface area contributed by atoms with Gasteiger partial charge in [0, 0.05) is 5.56 Å². The molecule has 0 radical (unpaired) electrons. The van der Waals surface area contributed by atoms with Gasteiger partial charge in [-0.15, -0.1) is 0 Å². The van der Waals surface area contributed by atoms with Gasteiger partial charge in [0.05, 0.1) is 0 Å². The average Bonchev–Trinajstić information content (AvgIpc) is 2.50. The molecule has 1 heteroatoms. The van der Waals surface area contributed by atoms with Gasteiger partial charge < -0.3 is 0 Å². The number of unbranched alkanes of at least 4 members (excludes halogenated alkanes) is 1. The summed E-state index contributed by atoms with van der Waals surface area (Å²) in [6, 6.07) is 16.6. The number of carbonyl (C=O) groups excluding carboxylic acids is 1. The van der Waals surface area contributed by atoms with Gasteiger partial charge in [-0.3, -0.25) is 4.79 Å². The molecule has 0 fully saturated rings. The van der Waals surface area contributed by atoms with Crippen LogP contribution in [-0.2, 0) is 6.42 Å². The van der Waals surface area contributed by atoms with Crippen molar-refractivity contribution < 1.29 is 4.79 Å². The lowest BCUT2D eigenvalue weighted by molar-refractivity contribution is 0.112. The lowest BCUT2D eigenvalue weighted by Gasteiger charge is -2.11. The zero-order valence-electron chi connectivity index (χ0n) is 11.7. The van der Waals surface area contributed by atoms with E-state index in [-0.39, 0.29) is 0 Å². The summed E-state index contributed by atoms with van der Waals surface area (Å²) in [6.45, 7) is 2.21. The van der Waals surface area contributed by atoms with Crippen LogP contribution in [0.4, 0.5) is 0 Å². The van der Waals surface area contributed by atoms with Gasteiger partial charge >= 0.3 is 0 Å². The molecular weight excluding hydrogens is 244 g/mol. The molecule has 0 aliphatic rings. The fourth-order valence-corrected chi connectivity index (χ4v) is 2.90. The predicted molar refractivity (Wildman–Crippen MR) is 85.5 cm³/mol. The second-order valence-corrected chi connectivity index (χ2v) is 5.25. The van der Waals surface area contributed by atoms with Gasteiger partial charge in [-0.1, -0.05) is 55.8 Å². The number of hydrogen-bond acceptors (Lipinski definition) is 1. The first kappa shape index (κ1) is 12.9. The molecule has 0 heterocycles. The molecule has 0 spiro atoms. The minimum absolute atomic E-state index is 0.816. The first-order valence-corrected chi connectivity index (χ1v) is 7.23. The van der Waals surface area contributed by atoms with Gasteiger partial charge in [0.1, 0.15) is 0 Å². The standard InChI is InChI=1S/C19H18O/c1-2-3-7-14-9-6-11-17-18(14)12-15-8-4-5-10-16(15)19(17)13-20/h4-6,8-13H,2-3,7H2,1H3. The number of hydrogen-bond donors (Lipinski definition) is 0. The maximum absolute atomic E-state index is 11.6. The first-order chi connectivity index (χ1) is 9.85. The summed E-state index contributed by atoms with van der Waals surface area (Å²) >= 11 is 0. The summed E-state index contributed by atoms with van der Waals surface area (Å²) in [5, 5.41) is 4.49. The summed E-state index contributed by atoms with van der Waals surface area (Å²) in [5.74, 6) is 0. The van der Waals surface area contributed by atoms with Crippen molar-refractivity contribution in [1.82, 2.24) is 0 Å². The Kier molecular flexibility index (Phi) is 3.51. The lowest BCUT2D eigenvalue weighted by atomic mass is 9.93. The lowest BCUT2D eigenvalue weighted by Crippen LogP contribution is -1.92. The van der Waals surface area contributed by atoms with Crippen molar-refractivity contribution in [3.63, 3.8) is 0 Å². The monoisotopic (exact) mass is 262 g/mol. The van der Waals surface area contributed by atoms with Crippen LogP contribution in [-0.4, -0.2) is 6.29 Å². The quantitative estimate of drug-likeness (QED) is 0.469. The van der Waals surface area contributed by atoms with E-state index in [1.165, 1.54) is 23.8 Å². The van der Waals surface area contributed by atoms with Crippen LogP contribution in [0.25, 0.3) is 21.5 Å². The van der Waals surface area contributed by atoms with Gasteiger partial charge in [0.2, 0.25) is 0 Å². The zero-order chi connectivity index (χ0) is 13.9.